The van der Waals surface area contributed by atoms with E-state index in [0.717, 1.165) is 12.1 Å². The van der Waals surface area contributed by atoms with Gasteiger partial charge in [0.15, 0.2) is 21.5 Å². The molecular weight excluding hydrogens is 264 g/mol. The summed E-state index contributed by atoms with van der Waals surface area (Å²) in [5.41, 5.74) is 0. The number of hydrogen-bond acceptors (Lipinski definition) is 4. The number of benzene rings is 1. The minimum atomic E-state index is -3.74. The average molecular weight is 275 g/mol. The van der Waals surface area contributed by atoms with Gasteiger partial charge in [0.2, 0.25) is 0 Å². The van der Waals surface area contributed by atoms with Gasteiger partial charge < -0.3 is 4.74 Å². The molecule has 1 aromatic carbocycles. The van der Waals surface area contributed by atoms with Crippen molar-refractivity contribution in [2.24, 2.45) is 0 Å². The van der Waals surface area contributed by atoms with E-state index in [0.29, 0.717) is 6.07 Å². The van der Waals surface area contributed by atoms with Crippen LogP contribution in [0.1, 0.15) is 6.92 Å². The molecule has 0 aliphatic carbocycles. The van der Waals surface area contributed by atoms with Crippen LogP contribution in [0.5, 0.6) is 0 Å². The average Bonchev–Trinajstić information content (AvgIpc) is 2.32. The molecule has 0 spiro atoms. The molecule has 0 amide bonds. The van der Waals surface area contributed by atoms with E-state index in [2.05, 4.69) is 0 Å². The molecule has 0 saturated heterocycles. The molecule has 0 saturated carbocycles. The minimum Gasteiger partial charge on any atom is -0.363 e. The summed E-state index contributed by atoms with van der Waals surface area (Å²) in [6, 6.07) is 4.14. The van der Waals surface area contributed by atoms with Gasteiger partial charge in [-0.05, 0) is 25.1 Å². The molecule has 1 rings (SSSR count). The molecule has 0 N–H and O–H groups in total. The second-order valence-electron chi connectivity index (χ2n) is 3.54. The van der Waals surface area contributed by atoms with Crippen molar-refractivity contribution in [1.82, 2.24) is 0 Å². The van der Waals surface area contributed by atoms with Crippen LogP contribution < -0.4 is 0 Å². The zero-order chi connectivity index (χ0) is 13.8. The van der Waals surface area contributed by atoms with Crippen molar-refractivity contribution >= 4 is 9.84 Å². The van der Waals surface area contributed by atoms with Gasteiger partial charge in [-0.15, -0.1) is 0 Å². The van der Waals surface area contributed by atoms with Crippen LogP contribution in [-0.4, -0.2) is 26.9 Å². The van der Waals surface area contributed by atoms with Gasteiger partial charge >= 0.3 is 0 Å². The zero-order valence-corrected chi connectivity index (χ0v) is 10.4. The van der Waals surface area contributed by atoms with Crippen molar-refractivity contribution in [1.29, 1.82) is 5.26 Å². The smallest absolute Gasteiger partial charge is 0.180 e. The lowest BCUT2D eigenvalue weighted by molar-refractivity contribution is 0.116. The predicted octanol–water partition coefficient (Wildman–Crippen LogP) is 1.67. The Labute approximate surface area is 104 Å². The quantitative estimate of drug-likeness (QED) is 0.766. The number of rotatable bonds is 5. The molecule has 1 unspecified atom stereocenters. The van der Waals surface area contributed by atoms with Gasteiger partial charge in [0.05, 0.1) is 23.3 Å². The maximum absolute atomic E-state index is 12.9. The van der Waals surface area contributed by atoms with Gasteiger partial charge in [-0.2, -0.15) is 5.26 Å². The molecule has 1 aromatic rings. The summed E-state index contributed by atoms with van der Waals surface area (Å²) in [5, 5.41) is 8.43. The van der Waals surface area contributed by atoms with Crippen molar-refractivity contribution in [2.45, 2.75) is 17.9 Å². The fourth-order valence-corrected chi connectivity index (χ4v) is 2.27. The molecule has 7 heteroatoms. The van der Waals surface area contributed by atoms with Crippen LogP contribution in [0.2, 0.25) is 0 Å². The Balaban J connectivity index is 2.75. The molecule has 0 heterocycles. The van der Waals surface area contributed by atoms with E-state index in [9.17, 15) is 17.2 Å². The Morgan fingerprint density at radius 2 is 2.06 bits per heavy atom. The number of halogens is 2. The van der Waals surface area contributed by atoms with E-state index in [1.165, 1.54) is 6.92 Å². The molecule has 0 bridgehead atoms. The lowest BCUT2D eigenvalue weighted by Gasteiger charge is -2.07. The van der Waals surface area contributed by atoms with Crippen molar-refractivity contribution < 1.29 is 21.9 Å². The van der Waals surface area contributed by atoms with Crippen molar-refractivity contribution in [3.05, 3.63) is 29.8 Å². The van der Waals surface area contributed by atoms with E-state index >= 15 is 0 Å². The summed E-state index contributed by atoms with van der Waals surface area (Å²) >= 11 is 0. The van der Waals surface area contributed by atoms with Gasteiger partial charge in [0.25, 0.3) is 0 Å². The lowest BCUT2D eigenvalue weighted by Crippen LogP contribution is -2.16. The normalized spacial score (nSPS) is 13.0. The van der Waals surface area contributed by atoms with E-state index in [1.807, 2.05) is 0 Å². The van der Waals surface area contributed by atoms with Crippen LogP contribution in [-0.2, 0) is 14.6 Å². The Kier molecular flexibility index (Phi) is 4.76. The van der Waals surface area contributed by atoms with E-state index in [-0.39, 0.29) is 11.5 Å². The summed E-state index contributed by atoms with van der Waals surface area (Å²) in [6.07, 6.45) is -0.717. The fraction of sp³-hybridized carbons (Fsp3) is 0.364. The maximum atomic E-state index is 12.9. The van der Waals surface area contributed by atoms with Crippen molar-refractivity contribution in [3.8, 4) is 6.07 Å². The van der Waals surface area contributed by atoms with Gasteiger partial charge in [0, 0.05) is 0 Å². The SMILES string of the molecule is CC(C#N)OCCS(=O)(=O)c1ccc(F)c(F)c1. The summed E-state index contributed by atoms with van der Waals surface area (Å²) in [7, 11) is -3.74. The highest BCUT2D eigenvalue weighted by Crippen LogP contribution is 2.15. The highest BCUT2D eigenvalue weighted by Gasteiger charge is 2.17. The number of sulfone groups is 1. The van der Waals surface area contributed by atoms with Crippen LogP contribution in [0.25, 0.3) is 0 Å². The summed E-state index contributed by atoms with van der Waals surface area (Å²) in [4.78, 5) is -0.311. The van der Waals surface area contributed by atoms with Crippen LogP contribution >= 0.6 is 0 Å². The first-order valence-electron chi connectivity index (χ1n) is 5.06. The van der Waals surface area contributed by atoms with Crippen LogP contribution in [0, 0.1) is 23.0 Å². The molecular formula is C11H11F2NO3S. The van der Waals surface area contributed by atoms with Crippen LogP contribution in [0.15, 0.2) is 23.1 Å². The Morgan fingerprint density at radius 1 is 1.39 bits per heavy atom. The predicted molar refractivity (Wildman–Crippen MR) is 59.4 cm³/mol. The topological polar surface area (TPSA) is 67.2 Å². The van der Waals surface area contributed by atoms with Crippen LogP contribution in [0.3, 0.4) is 0 Å². The Bertz CT molecular complexity index is 566. The first kappa shape index (κ1) is 14.5. The monoisotopic (exact) mass is 275 g/mol. The lowest BCUT2D eigenvalue weighted by atomic mass is 10.3. The second-order valence-corrected chi connectivity index (χ2v) is 5.65. The summed E-state index contributed by atoms with van der Waals surface area (Å²) in [5.74, 6) is -2.73. The summed E-state index contributed by atoms with van der Waals surface area (Å²) < 4.78 is 53.9. The standard InChI is InChI=1S/C11H11F2NO3S/c1-8(7-14)17-4-5-18(15,16)9-2-3-10(12)11(13)6-9/h2-3,6,8H,4-5H2,1H3. The van der Waals surface area contributed by atoms with Gasteiger partial charge in [-0.25, -0.2) is 17.2 Å². The van der Waals surface area contributed by atoms with E-state index in [4.69, 9.17) is 10.00 Å². The maximum Gasteiger partial charge on any atom is 0.180 e. The molecule has 0 aliphatic rings. The molecule has 1 atom stereocenters. The van der Waals surface area contributed by atoms with Crippen LogP contribution in [0.4, 0.5) is 8.78 Å². The third-order valence-corrected chi connectivity index (χ3v) is 3.83. The number of nitriles is 1. The third-order valence-electron chi connectivity index (χ3n) is 2.15. The molecule has 18 heavy (non-hydrogen) atoms. The largest absolute Gasteiger partial charge is 0.363 e. The van der Waals surface area contributed by atoms with Gasteiger partial charge in [-0.3, -0.25) is 0 Å². The Morgan fingerprint density at radius 3 is 2.61 bits per heavy atom. The molecule has 98 valence electrons. The van der Waals surface area contributed by atoms with E-state index in [1.54, 1.807) is 6.07 Å². The van der Waals surface area contributed by atoms with Crippen molar-refractivity contribution in [2.75, 3.05) is 12.4 Å². The number of ether oxygens (including phenoxy) is 1. The molecule has 0 fully saturated rings. The number of hydrogen-bond donors (Lipinski definition) is 0. The Hall–Kier alpha value is -1.52. The van der Waals surface area contributed by atoms with Gasteiger partial charge in [-0.1, -0.05) is 0 Å². The number of nitrogens with zero attached hydrogens (tertiary/aromatic N) is 1. The highest BCUT2D eigenvalue weighted by atomic mass is 32.2. The molecule has 0 aromatic heterocycles. The van der Waals surface area contributed by atoms with Crippen molar-refractivity contribution in [3.63, 3.8) is 0 Å². The second kappa shape index (κ2) is 5.89. The highest BCUT2D eigenvalue weighted by molar-refractivity contribution is 7.91. The van der Waals surface area contributed by atoms with Gasteiger partial charge in [0.1, 0.15) is 6.10 Å². The third kappa shape index (κ3) is 3.75. The zero-order valence-electron chi connectivity index (χ0n) is 9.56. The summed E-state index contributed by atoms with van der Waals surface area (Å²) in [6.45, 7) is 1.29. The van der Waals surface area contributed by atoms with E-state index < -0.39 is 33.3 Å². The fourth-order valence-electron chi connectivity index (χ4n) is 1.16. The minimum absolute atomic E-state index is 0.184. The molecule has 0 aliphatic heterocycles. The molecule has 0 radical (unpaired) electrons. The first-order valence-corrected chi connectivity index (χ1v) is 6.71. The first-order chi connectivity index (χ1) is 8.36. The molecule has 4 nitrogen and oxygen atoms in total.